The van der Waals surface area contributed by atoms with Gasteiger partial charge in [-0.3, -0.25) is 4.98 Å². The molecule has 0 aliphatic rings. The molecule has 3 nitrogen and oxygen atoms in total. The molecule has 0 aliphatic heterocycles. The van der Waals surface area contributed by atoms with Gasteiger partial charge in [-0.25, -0.2) is 9.97 Å². The number of pyridine rings is 1. The molecule has 0 N–H and O–H groups in total. The van der Waals surface area contributed by atoms with Gasteiger partial charge in [0.25, 0.3) is 0 Å². The van der Waals surface area contributed by atoms with Crippen LogP contribution in [0.25, 0.3) is 11.4 Å². The summed E-state index contributed by atoms with van der Waals surface area (Å²) < 4.78 is 0. The maximum absolute atomic E-state index is 4.29. The van der Waals surface area contributed by atoms with Crippen molar-refractivity contribution < 1.29 is 0 Å². The number of aromatic nitrogens is 3. The first-order chi connectivity index (χ1) is 7.36. The van der Waals surface area contributed by atoms with Crippen LogP contribution in [0.2, 0.25) is 0 Å². The molecule has 0 saturated heterocycles. The fourth-order valence-corrected chi connectivity index (χ4v) is 1.08. The van der Waals surface area contributed by atoms with E-state index in [0.717, 1.165) is 17.1 Å². The Labute approximate surface area is 90.2 Å². The molecule has 15 heavy (non-hydrogen) atoms. The van der Waals surface area contributed by atoms with Crippen molar-refractivity contribution >= 4 is 0 Å². The first kappa shape index (κ1) is 11.3. The lowest BCUT2D eigenvalue weighted by atomic mass is 10.2. The van der Waals surface area contributed by atoms with Gasteiger partial charge < -0.3 is 0 Å². The van der Waals surface area contributed by atoms with Crippen molar-refractivity contribution in [1.82, 2.24) is 15.0 Å². The Morgan fingerprint density at radius 2 is 1.87 bits per heavy atom. The molecule has 0 atom stereocenters. The number of nitrogens with zero attached hydrogens (tertiary/aromatic N) is 3. The lowest BCUT2D eigenvalue weighted by Gasteiger charge is -1.98. The Kier molecular flexibility index (Phi) is 4.41. The molecule has 0 amide bonds. The summed E-state index contributed by atoms with van der Waals surface area (Å²) >= 11 is 0. The van der Waals surface area contributed by atoms with Crippen molar-refractivity contribution in [3.8, 4) is 11.4 Å². The Morgan fingerprint density at radius 3 is 2.47 bits per heavy atom. The molecule has 0 saturated carbocycles. The molecule has 0 aromatic carbocycles. The molecule has 3 heteroatoms. The lowest BCUT2D eigenvalue weighted by Crippen LogP contribution is -1.90. The zero-order valence-corrected chi connectivity index (χ0v) is 9.31. The van der Waals surface area contributed by atoms with Gasteiger partial charge in [-0.15, -0.1) is 0 Å². The average Bonchev–Trinajstić information content (AvgIpc) is 2.33. The highest BCUT2D eigenvalue weighted by Gasteiger charge is 1.98. The zero-order chi connectivity index (χ0) is 11.1. The van der Waals surface area contributed by atoms with Gasteiger partial charge in [0, 0.05) is 29.8 Å². The van der Waals surface area contributed by atoms with Crippen LogP contribution in [0.1, 0.15) is 19.5 Å². The molecule has 0 radical (unpaired) electrons. The van der Waals surface area contributed by atoms with Crippen LogP contribution < -0.4 is 0 Å². The van der Waals surface area contributed by atoms with Crippen LogP contribution in [-0.2, 0) is 0 Å². The van der Waals surface area contributed by atoms with E-state index in [0.29, 0.717) is 0 Å². The van der Waals surface area contributed by atoms with E-state index in [4.69, 9.17) is 0 Å². The molecular weight excluding hydrogens is 186 g/mol. The van der Waals surface area contributed by atoms with Gasteiger partial charge in [-0.05, 0) is 25.1 Å². The molecule has 0 fully saturated rings. The minimum absolute atomic E-state index is 0.730. The Balaban J connectivity index is 0.000000531. The van der Waals surface area contributed by atoms with Crippen LogP contribution in [0.3, 0.4) is 0 Å². The first-order valence-electron chi connectivity index (χ1n) is 5.06. The summed E-state index contributed by atoms with van der Waals surface area (Å²) in [4.78, 5) is 12.5. The zero-order valence-electron chi connectivity index (χ0n) is 9.31. The molecule has 0 spiro atoms. The maximum atomic E-state index is 4.29. The number of rotatable bonds is 1. The maximum Gasteiger partial charge on any atom is 0.160 e. The van der Waals surface area contributed by atoms with Crippen molar-refractivity contribution in [1.29, 1.82) is 0 Å². The van der Waals surface area contributed by atoms with Crippen LogP contribution >= 0.6 is 0 Å². The van der Waals surface area contributed by atoms with Gasteiger partial charge in [-0.1, -0.05) is 13.8 Å². The lowest BCUT2D eigenvalue weighted by molar-refractivity contribution is 1.10. The van der Waals surface area contributed by atoms with Gasteiger partial charge in [0.15, 0.2) is 5.82 Å². The topological polar surface area (TPSA) is 38.7 Å². The predicted molar refractivity (Wildman–Crippen MR) is 61.3 cm³/mol. The molecule has 2 rings (SSSR count). The van der Waals surface area contributed by atoms with Crippen LogP contribution in [0.4, 0.5) is 0 Å². The first-order valence-corrected chi connectivity index (χ1v) is 5.06. The van der Waals surface area contributed by atoms with Crippen LogP contribution in [0.5, 0.6) is 0 Å². The highest BCUT2D eigenvalue weighted by Crippen LogP contribution is 2.11. The molecule has 0 aliphatic carbocycles. The third-order valence-corrected chi connectivity index (χ3v) is 1.71. The summed E-state index contributed by atoms with van der Waals surface area (Å²) in [5.41, 5.74) is 1.92. The molecule has 2 aromatic heterocycles. The average molecular weight is 201 g/mol. The van der Waals surface area contributed by atoms with E-state index in [1.54, 1.807) is 18.6 Å². The summed E-state index contributed by atoms with van der Waals surface area (Å²) in [6, 6.07) is 5.70. The van der Waals surface area contributed by atoms with E-state index < -0.39 is 0 Å². The molecular formula is C12H15N3. The van der Waals surface area contributed by atoms with E-state index in [9.17, 15) is 0 Å². The fraction of sp³-hybridized carbons (Fsp3) is 0.250. The third kappa shape index (κ3) is 3.13. The molecule has 2 heterocycles. The largest absolute Gasteiger partial charge is 0.264 e. The van der Waals surface area contributed by atoms with Gasteiger partial charge in [-0.2, -0.15) is 0 Å². The summed E-state index contributed by atoms with van der Waals surface area (Å²) in [7, 11) is 0. The fourth-order valence-electron chi connectivity index (χ4n) is 1.08. The summed E-state index contributed by atoms with van der Waals surface area (Å²) in [5, 5.41) is 0. The third-order valence-electron chi connectivity index (χ3n) is 1.71. The standard InChI is InChI=1S/C10H9N3.C2H6/c1-8-4-6-12-10(13-8)9-3-2-5-11-7-9;1-2/h2-7H,1H3;1-2H3. The second kappa shape index (κ2) is 5.86. The number of hydrogen-bond donors (Lipinski definition) is 0. The normalized spacial score (nSPS) is 9.00. The SMILES string of the molecule is CC.Cc1ccnc(-c2cccnc2)n1. The predicted octanol–water partition coefficient (Wildman–Crippen LogP) is 2.87. The molecule has 0 bridgehead atoms. The number of aryl methyl sites for hydroxylation is 1. The van der Waals surface area contributed by atoms with Gasteiger partial charge in [0.2, 0.25) is 0 Å². The van der Waals surface area contributed by atoms with Crippen LogP contribution in [-0.4, -0.2) is 15.0 Å². The monoisotopic (exact) mass is 201 g/mol. The van der Waals surface area contributed by atoms with Crippen molar-refractivity contribution in [2.45, 2.75) is 20.8 Å². The van der Waals surface area contributed by atoms with Gasteiger partial charge in [0.05, 0.1) is 0 Å². The van der Waals surface area contributed by atoms with E-state index in [2.05, 4.69) is 15.0 Å². The Bertz CT molecular complexity index is 399. The molecule has 0 unspecified atom stereocenters. The smallest absolute Gasteiger partial charge is 0.160 e. The minimum atomic E-state index is 0.730. The van der Waals surface area contributed by atoms with Crippen molar-refractivity contribution in [2.24, 2.45) is 0 Å². The Morgan fingerprint density at radius 1 is 1.07 bits per heavy atom. The van der Waals surface area contributed by atoms with E-state index in [-0.39, 0.29) is 0 Å². The minimum Gasteiger partial charge on any atom is -0.264 e. The second-order valence-corrected chi connectivity index (χ2v) is 2.76. The van der Waals surface area contributed by atoms with E-state index >= 15 is 0 Å². The number of hydrogen-bond acceptors (Lipinski definition) is 3. The Hall–Kier alpha value is -1.77. The molecule has 2 aromatic rings. The molecule has 78 valence electrons. The van der Waals surface area contributed by atoms with Gasteiger partial charge in [0.1, 0.15) is 0 Å². The summed E-state index contributed by atoms with van der Waals surface area (Å²) in [5.74, 6) is 0.730. The summed E-state index contributed by atoms with van der Waals surface area (Å²) in [6.45, 7) is 5.95. The summed E-state index contributed by atoms with van der Waals surface area (Å²) in [6.07, 6.45) is 5.25. The van der Waals surface area contributed by atoms with Crippen molar-refractivity contribution in [3.63, 3.8) is 0 Å². The van der Waals surface area contributed by atoms with Crippen molar-refractivity contribution in [2.75, 3.05) is 0 Å². The van der Waals surface area contributed by atoms with Crippen molar-refractivity contribution in [3.05, 3.63) is 42.5 Å². The van der Waals surface area contributed by atoms with E-state index in [1.165, 1.54) is 0 Å². The highest BCUT2D eigenvalue weighted by atomic mass is 14.9. The second-order valence-electron chi connectivity index (χ2n) is 2.76. The van der Waals surface area contributed by atoms with Crippen LogP contribution in [0.15, 0.2) is 36.8 Å². The van der Waals surface area contributed by atoms with Gasteiger partial charge >= 0.3 is 0 Å². The highest BCUT2D eigenvalue weighted by molar-refractivity contribution is 5.52. The van der Waals surface area contributed by atoms with Crippen LogP contribution in [0, 0.1) is 6.92 Å². The van der Waals surface area contributed by atoms with E-state index in [1.807, 2.05) is 39.0 Å². The quantitative estimate of drug-likeness (QED) is 0.712.